The van der Waals surface area contributed by atoms with E-state index in [1.54, 1.807) is 0 Å². The summed E-state index contributed by atoms with van der Waals surface area (Å²) in [7, 11) is -0.157. The summed E-state index contributed by atoms with van der Waals surface area (Å²) >= 11 is 0. The Labute approximate surface area is 169 Å². The van der Waals surface area contributed by atoms with Crippen molar-refractivity contribution in [3.8, 4) is 5.75 Å². The summed E-state index contributed by atoms with van der Waals surface area (Å²) in [5, 5.41) is 0. The number of benzene rings is 3. The third-order valence-electron chi connectivity index (χ3n) is 5.55. The third-order valence-corrected chi connectivity index (χ3v) is 5.55. The first-order chi connectivity index (χ1) is 13.5. The van der Waals surface area contributed by atoms with Crippen molar-refractivity contribution in [3.63, 3.8) is 0 Å². The molecule has 0 bridgehead atoms. The van der Waals surface area contributed by atoms with E-state index in [2.05, 4.69) is 106 Å². The fourth-order valence-electron chi connectivity index (χ4n) is 4.16. The zero-order valence-electron chi connectivity index (χ0n) is 17.4. The lowest BCUT2D eigenvalue weighted by Gasteiger charge is -2.27. The molecule has 0 atom stereocenters. The average molecular weight is 369 g/mol. The molecule has 3 aromatic carbocycles. The van der Waals surface area contributed by atoms with Crippen LogP contribution in [0.1, 0.15) is 56.2 Å². The van der Waals surface area contributed by atoms with Crippen molar-refractivity contribution in [1.82, 2.24) is 0 Å². The molecule has 0 aliphatic carbocycles. The average Bonchev–Trinajstić information content (AvgIpc) is 3.06. The van der Waals surface area contributed by atoms with E-state index in [4.69, 9.17) is 4.65 Å². The van der Waals surface area contributed by atoms with Gasteiger partial charge in [-0.15, -0.1) is 0 Å². The van der Waals surface area contributed by atoms with E-state index in [9.17, 15) is 0 Å². The van der Waals surface area contributed by atoms with Crippen LogP contribution in [0.3, 0.4) is 0 Å². The van der Waals surface area contributed by atoms with Crippen molar-refractivity contribution in [3.05, 3.63) is 83.4 Å². The molecule has 2 nitrogen and oxygen atoms in total. The number of rotatable bonds is 4. The van der Waals surface area contributed by atoms with E-state index < -0.39 is 0 Å². The van der Waals surface area contributed by atoms with Crippen molar-refractivity contribution >= 4 is 23.9 Å². The Kier molecular flexibility index (Phi) is 4.93. The summed E-state index contributed by atoms with van der Waals surface area (Å²) in [5.74, 6) is 1.81. The van der Waals surface area contributed by atoms with E-state index in [0.29, 0.717) is 11.8 Å². The number of nitrogens with zero attached hydrogens (tertiary/aromatic N) is 1. The molecule has 1 heterocycles. The molecular formula is C25H28BNO. The Morgan fingerprint density at radius 2 is 1.43 bits per heavy atom. The summed E-state index contributed by atoms with van der Waals surface area (Å²) in [6.45, 7) is 11.2. The highest BCUT2D eigenvalue weighted by molar-refractivity contribution is 6.75. The Bertz CT molecular complexity index is 955. The zero-order valence-corrected chi connectivity index (χ0v) is 17.4. The Balaban J connectivity index is 1.95. The van der Waals surface area contributed by atoms with Crippen molar-refractivity contribution in [2.45, 2.75) is 46.5 Å². The molecule has 0 aromatic heterocycles. The first-order valence-corrected chi connectivity index (χ1v) is 10.2. The fraction of sp³-hybridized carbons (Fsp3) is 0.280. The molecule has 0 N–H and O–H groups in total. The second-order valence-corrected chi connectivity index (χ2v) is 8.31. The molecule has 0 spiro atoms. The van der Waals surface area contributed by atoms with Crippen LogP contribution in [0.2, 0.25) is 0 Å². The minimum absolute atomic E-state index is 0.157. The summed E-state index contributed by atoms with van der Waals surface area (Å²) in [5.41, 5.74) is 7.58. The van der Waals surface area contributed by atoms with Gasteiger partial charge in [-0.2, -0.15) is 0 Å². The molecule has 28 heavy (non-hydrogen) atoms. The topological polar surface area (TPSA) is 12.5 Å². The van der Waals surface area contributed by atoms with Crippen LogP contribution >= 0.6 is 0 Å². The molecule has 0 saturated carbocycles. The fourth-order valence-corrected chi connectivity index (χ4v) is 4.16. The van der Waals surface area contributed by atoms with Crippen LogP contribution in [0.4, 0.5) is 11.4 Å². The molecule has 1 aliphatic rings. The zero-order chi connectivity index (χ0) is 19.8. The summed E-state index contributed by atoms with van der Waals surface area (Å²) in [6, 6.07) is 23.8. The number of hydrogen-bond donors (Lipinski definition) is 0. The number of aryl methyl sites for hydroxylation is 1. The second kappa shape index (κ2) is 7.39. The maximum absolute atomic E-state index is 6.62. The smallest absolute Gasteiger partial charge is 0.524 e. The van der Waals surface area contributed by atoms with Gasteiger partial charge in [0.1, 0.15) is 5.75 Å². The second-order valence-electron chi connectivity index (χ2n) is 8.31. The van der Waals surface area contributed by atoms with Gasteiger partial charge in [0.25, 0.3) is 0 Å². The highest BCUT2D eigenvalue weighted by atomic mass is 16.5. The maximum atomic E-state index is 6.62. The highest BCUT2D eigenvalue weighted by Gasteiger charge is 2.42. The monoisotopic (exact) mass is 369 g/mol. The number of fused-ring (bicyclic) bond motifs is 1. The van der Waals surface area contributed by atoms with Crippen LogP contribution < -0.4 is 14.9 Å². The lowest BCUT2D eigenvalue weighted by atomic mass is 9.64. The predicted octanol–water partition coefficient (Wildman–Crippen LogP) is 6.17. The van der Waals surface area contributed by atoms with Crippen molar-refractivity contribution in [2.75, 3.05) is 4.81 Å². The van der Waals surface area contributed by atoms with Gasteiger partial charge in [-0.1, -0.05) is 70.2 Å². The minimum atomic E-state index is -0.157. The normalized spacial score (nSPS) is 13.2. The molecule has 0 radical (unpaired) electrons. The van der Waals surface area contributed by atoms with Gasteiger partial charge in [-0.3, -0.25) is 0 Å². The first-order valence-electron chi connectivity index (χ1n) is 10.2. The summed E-state index contributed by atoms with van der Waals surface area (Å²) in [4.78, 5) is 2.36. The molecule has 4 rings (SSSR count). The van der Waals surface area contributed by atoms with Crippen molar-refractivity contribution in [1.29, 1.82) is 0 Å². The van der Waals surface area contributed by atoms with Gasteiger partial charge in [0.2, 0.25) is 0 Å². The van der Waals surface area contributed by atoms with Crippen LogP contribution in [-0.2, 0) is 0 Å². The van der Waals surface area contributed by atoms with Crippen LogP contribution in [0.5, 0.6) is 5.75 Å². The van der Waals surface area contributed by atoms with Gasteiger partial charge in [0.15, 0.2) is 0 Å². The van der Waals surface area contributed by atoms with E-state index >= 15 is 0 Å². The van der Waals surface area contributed by atoms with Crippen LogP contribution in [0.15, 0.2) is 66.7 Å². The molecule has 0 amide bonds. The minimum Gasteiger partial charge on any atom is -0.536 e. The van der Waals surface area contributed by atoms with E-state index in [0.717, 1.165) is 17.1 Å². The van der Waals surface area contributed by atoms with Gasteiger partial charge in [-0.05, 0) is 65.2 Å². The molecule has 0 saturated heterocycles. The number of para-hydroxylation sites is 1. The maximum Gasteiger partial charge on any atom is 0.524 e. The quantitative estimate of drug-likeness (QED) is 0.510. The van der Waals surface area contributed by atoms with Crippen LogP contribution in [-0.4, -0.2) is 7.05 Å². The molecule has 142 valence electrons. The lowest BCUT2D eigenvalue weighted by molar-refractivity contribution is 0.601. The molecular weight excluding hydrogens is 341 g/mol. The lowest BCUT2D eigenvalue weighted by Crippen LogP contribution is -2.50. The largest absolute Gasteiger partial charge is 0.536 e. The van der Waals surface area contributed by atoms with Gasteiger partial charge < -0.3 is 9.47 Å². The van der Waals surface area contributed by atoms with Gasteiger partial charge in [-0.25, -0.2) is 0 Å². The molecule has 0 fully saturated rings. The van der Waals surface area contributed by atoms with Gasteiger partial charge >= 0.3 is 7.05 Å². The molecule has 0 unspecified atom stereocenters. The van der Waals surface area contributed by atoms with Gasteiger partial charge in [0, 0.05) is 5.69 Å². The predicted molar refractivity (Wildman–Crippen MR) is 120 cm³/mol. The summed E-state index contributed by atoms with van der Waals surface area (Å²) in [6.07, 6.45) is 0. The number of anilines is 2. The third kappa shape index (κ3) is 3.19. The van der Waals surface area contributed by atoms with Gasteiger partial charge in [0.05, 0.1) is 5.69 Å². The molecule has 3 heteroatoms. The first kappa shape index (κ1) is 18.7. The van der Waals surface area contributed by atoms with Crippen LogP contribution in [0, 0.1) is 6.92 Å². The standard InChI is InChI=1S/C25H28BNO/c1-17(2)21-12-9-13-22(18(3)4)25(21)26-27(20-10-7-6-8-11-20)23-16-19(5)14-15-24(23)28-26/h6-18H,1-5H3. The van der Waals surface area contributed by atoms with Crippen LogP contribution in [0.25, 0.3) is 0 Å². The highest BCUT2D eigenvalue weighted by Crippen LogP contribution is 2.42. The van der Waals surface area contributed by atoms with Crippen molar-refractivity contribution in [2.24, 2.45) is 0 Å². The summed E-state index contributed by atoms with van der Waals surface area (Å²) < 4.78 is 6.62. The molecule has 3 aromatic rings. The molecule has 1 aliphatic heterocycles. The Hall–Kier alpha value is -2.68. The number of hydrogen-bond acceptors (Lipinski definition) is 2. The van der Waals surface area contributed by atoms with E-state index in [1.807, 2.05) is 0 Å². The van der Waals surface area contributed by atoms with E-state index in [-0.39, 0.29) is 7.05 Å². The Morgan fingerprint density at radius 3 is 2.04 bits per heavy atom. The Morgan fingerprint density at radius 1 is 0.786 bits per heavy atom. The van der Waals surface area contributed by atoms with Crippen molar-refractivity contribution < 1.29 is 4.65 Å². The van der Waals surface area contributed by atoms with E-state index in [1.165, 1.54) is 22.2 Å². The SMILES string of the molecule is Cc1ccc2c(c1)N(c1ccccc1)B(c1c(C(C)C)cccc1C(C)C)O2.